The lowest BCUT2D eigenvalue weighted by Crippen LogP contribution is -2.50. The van der Waals surface area contributed by atoms with Crippen molar-refractivity contribution in [1.82, 2.24) is 19.7 Å². The third-order valence-electron chi connectivity index (χ3n) is 6.61. The maximum Gasteiger partial charge on any atom is 0.254 e. The van der Waals surface area contributed by atoms with Gasteiger partial charge in [-0.25, -0.2) is 4.98 Å². The van der Waals surface area contributed by atoms with E-state index in [4.69, 9.17) is 4.98 Å². The molecule has 0 radical (unpaired) electrons. The van der Waals surface area contributed by atoms with E-state index < -0.39 is 0 Å². The molecule has 3 heterocycles. The van der Waals surface area contributed by atoms with Gasteiger partial charge in [-0.15, -0.1) is 12.4 Å². The third-order valence-corrected chi connectivity index (χ3v) is 6.61. The quantitative estimate of drug-likeness (QED) is 0.584. The standard InChI is InChI=1S/C26H30N4O.ClH/c31-26(30-18-16-29(17-19-30)15-14-28-12-6-7-13-28)23-20-25(21-8-2-1-3-9-21)27-24-11-5-4-10-22(23)24;/h1-5,8-11,20H,6-7,12-19H2;1H. The molecule has 5 rings (SSSR count). The molecule has 32 heavy (non-hydrogen) atoms. The Morgan fingerprint density at radius 2 is 1.41 bits per heavy atom. The van der Waals surface area contributed by atoms with Gasteiger partial charge in [0.25, 0.3) is 5.91 Å². The number of hydrogen-bond acceptors (Lipinski definition) is 4. The van der Waals surface area contributed by atoms with Crippen LogP contribution < -0.4 is 0 Å². The Kier molecular flexibility index (Phi) is 7.40. The Bertz CT molecular complexity index is 1040. The van der Waals surface area contributed by atoms with Gasteiger partial charge in [0.1, 0.15) is 0 Å². The molecule has 1 aromatic heterocycles. The van der Waals surface area contributed by atoms with Crippen LogP contribution in [0.3, 0.4) is 0 Å². The molecule has 0 unspecified atom stereocenters. The number of likely N-dealkylation sites (tertiary alicyclic amines) is 1. The van der Waals surface area contributed by atoms with Crippen LogP contribution in [0, 0.1) is 0 Å². The summed E-state index contributed by atoms with van der Waals surface area (Å²) in [5, 5.41) is 0.934. The van der Waals surface area contributed by atoms with E-state index >= 15 is 0 Å². The molecular weight excluding hydrogens is 420 g/mol. The predicted octanol–water partition coefficient (Wildman–Crippen LogP) is 4.18. The molecule has 2 aliphatic rings. The summed E-state index contributed by atoms with van der Waals surface area (Å²) in [7, 11) is 0. The monoisotopic (exact) mass is 450 g/mol. The van der Waals surface area contributed by atoms with Crippen molar-refractivity contribution in [3.63, 3.8) is 0 Å². The molecule has 1 amide bonds. The van der Waals surface area contributed by atoms with Gasteiger partial charge in [0.2, 0.25) is 0 Å². The average molecular weight is 451 g/mol. The highest BCUT2D eigenvalue weighted by Gasteiger charge is 2.24. The first-order valence-corrected chi connectivity index (χ1v) is 11.5. The number of hydrogen-bond donors (Lipinski definition) is 0. The van der Waals surface area contributed by atoms with Gasteiger partial charge in [-0.3, -0.25) is 9.69 Å². The molecule has 2 aromatic carbocycles. The fraction of sp³-hybridized carbons (Fsp3) is 0.385. The molecule has 5 nitrogen and oxygen atoms in total. The van der Waals surface area contributed by atoms with Crippen LogP contribution in [-0.4, -0.2) is 77.9 Å². The zero-order valence-corrected chi connectivity index (χ0v) is 19.3. The largest absolute Gasteiger partial charge is 0.336 e. The summed E-state index contributed by atoms with van der Waals surface area (Å²) >= 11 is 0. The van der Waals surface area contributed by atoms with Crippen LogP contribution in [0.2, 0.25) is 0 Å². The number of fused-ring (bicyclic) bond motifs is 1. The van der Waals surface area contributed by atoms with E-state index in [2.05, 4.69) is 9.80 Å². The predicted molar refractivity (Wildman–Crippen MR) is 132 cm³/mol. The van der Waals surface area contributed by atoms with E-state index in [0.29, 0.717) is 0 Å². The first-order chi connectivity index (χ1) is 15.3. The van der Waals surface area contributed by atoms with E-state index in [1.54, 1.807) is 0 Å². The van der Waals surface area contributed by atoms with Gasteiger partial charge < -0.3 is 9.80 Å². The number of benzene rings is 2. The number of nitrogens with zero attached hydrogens (tertiary/aromatic N) is 4. The number of carbonyl (C=O) groups is 1. The number of para-hydroxylation sites is 1. The van der Waals surface area contributed by atoms with Crippen LogP contribution in [0.15, 0.2) is 60.7 Å². The minimum absolute atomic E-state index is 0. The van der Waals surface area contributed by atoms with Crippen molar-refractivity contribution < 1.29 is 4.79 Å². The SMILES string of the molecule is Cl.O=C(c1cc(-c2ccccc2)nc2ccccc12)N1CCN(CCN2CCCC2)CC1. The van der Waals surface area contributed by atoms with Crippen LogP contribution in [0.5, 0.6) is 0 Å². The van der Waals surface area contributed by atoms with E-state index in [-0.39, 0.29) is 18.3 Å². The fourth-order valence-electron chi connectivity index (χ4n) is 4.74. The maximum absolute atomic E-state index is 13.5. The van der Waals surface area contributed by atoms with Gasteiger partial charge >= 0.3 is 0 Å². The second kappa shape index (κ2) is 10.4. The molecule has 0 saturated carbocycles. The highest BCUT2D eigenvalue weighted by molar-refractivity contribution is 6.07. The highest BCUT2D eigenvalue weighted by Crippen LogP contribution is 2.26. The normalized spacial score (nSPS) is 17.4. The van der Waals surface area contributed by atoms with Crippen molar-refractivity contribution in [3.05, 3.63) is 66.2 Å². The lowest BCUT2D eigenvalue weighted by Gasteiger charge is -2.35. The molecule has 0 N–H and O–H groups in total. The van der Waals surface area contributed by atoms with Gasteiger partial charge in [0.15, 0.2) is 0 Å². The minimum Gasteiger partial charge on any atom is -0.336 e. The molecule has 0 aliphatic carbocycles. The average Bonchev–Trinajstić information content (AvgIpc) is 3.36. The highest BCUT2D eigenvalue weighted by atomic mass is 35.5. The number of amides is 1. The zero-order valence-electron chi connectivity index (χ0n) is 18.4. The maximum atomic E-state index is 13.5. The third kappa shape index (κ3) is 4.96. The lowest BCUT2D eigenvalue weighted by molar-refractivity contribution is 0.0628. The van der Waals surface area contributed by atoms with E-state index in [0.717, 1.165) is 67.0 Å². The van der Waals surface area contributed by atoms with Crippen molar-refractivity contribution in [3.8, 4) is 11.3 Å². The molecule has 6 heteroatoms. The topological polar surface area (TPSA) is 39.7 Å². The molecule has 3 aromatic rings. The molecular formula is C26H31ClN4O. The number of carbonyl (C=O) groups excluding carboxylic acids is 1. The van der Waals surface area contributed by atoms with Crippen molar-refractivity contribution in [2.45, 2.75) is 12.8 Å². The Morgan fingerprint density at radius 3 is 2.12 bits per heavy atom. The van der Waals surface area contributed by atoms with Crippen LogP contribution in [0.25, 0.3) is 22.2 Å². The zero-order chi connectivity index (χ0) is 21.0. The smallest absolute Gasteiger partial charge is 0.254 e. The summed E-state index contributed by atoms with van der Waals surface area (Å²) in [6.07, 6.45) is 2.68. The van der Waals surface area contributed by atoms with Crippen LogP contribution in [-0.2, 0) is 0 Å². The number of pyridine rings is 1. The summed E-state index contributed by atoms with van der Waals surface area (Å²) in [5.74, 6) is 0.120. The van der Waals surface area contributed by atoms with Crippen LogP contribution >= 0.6 is 12.4 Å². The van der Waals surface area contributed by atoms with Crippen molar-refractivity contribution in [2.75, 3.05) is 52.4 Å². The second-order valence-electron chi connectivity index (χ2n) is 8.62. The Hall–Kier alpha value is -2.47. The van der Waals surface area contributed by atoms with E-state index in [9.17, 15) is 4.79 Å². The van der Waals surface area contributed by atoms with Gasteiger partial charge in [0.05, 0.1) is 16.8 Å². The summed E-state index contributed by atoms with van der Waals surface area (Å²) in [4.78, 5) is 25.4. The van der Waals surface area contributed by atoms with E-state index in [1.165, 1.54) is 25.9 Å². The Labute approximate surface area is 196 Å². The first kappa shape index (κ1) is 22.7. The van der Waals surface area contributed by atoms with Gasteiger partial charge in [-0.2, -0.15) is 0 Å². The lowest BCUT2D eigenvalue weighted by atomic mass is 10.0. The molecule has 168 valence electrons. The number of piperazine rings is 1. The van der Waals surface area contributed by atoms with Crippen LogP contribution in [0.1, 0.15) is 23.2 Å². The van der Waals surface area contributed by atoms with Crippen molar-refractivity contribution in [1.29, 1.82) is 0 Å². The molecule has 2 aliphatic heterocycles. The second-order valence-corrected chi connectivity index (χ2v) is 8.62. The van der Waals surface area contributed by atoms with Gasteiger partial charge in [0, 0.05) is 50.2 Å². The Morgan fingerprint density at radius 1 is 0.781 bits per heavy atom. The molecule has 0 bridgehead atoms. The van der Waals surface area contributed by atoms with Crippen molar-refractivity contribution >= 4 is 29.2 Å². The Balaban J connectivity index is 0.00000245. The summed E-state index contributed by atoms with van der Waals surface area (Å²) in [6, 6.07) is 20.1. The van der Waals surface area contributed by atoms with Crippen LogP contribution in [0.4, 0.5) is 0 Å². The van der Waals surface area contributed by atoms with Crippen molar-refractivity contribution in [2.24, 2.45) is 0 Å². The first-order valence-electron chi connectivity index (χ1n) is 11.5. The number of halogens is 1. The van der Waals surface area contributed by atoms with E-state index in [1.807, 2.05) is 65.6 Å². The van der Waals surface area contributed by atoms with Gasteiger partial charge in [-0.05, 0) is 38.1 Å². The number of rotatable bonds is 5. The summed E-state index contributed by atoms with van der Waals surface area (Å²) in [6.45, 7) is 8.24. The fourth-order valence-corrected chi connectivity index (χ4v) is 4.74. The molecule has 2 saturated heterocycles. The molecule has 2 fully saturated rings. The molecule has 0 atom stereocenters. The summed E-state index contributed by atoms with van der Waals surface area (Å²) in [5.41, 5.74) is 3.52. The summed E-state index contributed by atoms with van der Waals surface area (Å²) < 4.78 is 0. The number of aromatic nitrogens is 1. The minimum atomic E-state index is 0. The molecule has 0 spiro atoms. The van der Waals surface area contributed by atoms with Gasteiger partial charge in [-0.1, -0.05) is 48.5 Å².